The lowest BCUT2D eigenvalue weighted by atomic mass is 10.1. The van der Waals surface area contributed by atoms with E-state index in [4.69, 9.17) is 9.26 Å². The van der Waals surface area contributed by atoms with Gasteiger partial charge in [0.2, 0.25) is 0 Å². The van der Waals surface area contributed by atoms with E-state index in [0.29, 0.717) is 6.61 Å². The molecule has 3 heteroatoms. The second kappa shape index (κ2) is 4.24. The molecule has 3 nitrogen and oxygen atoms in total. The van der Waals surface area contributed by atoms with Gasteiger partial charge in [-0.05, 0) is 49.4 Å². The van der Waals surface area contributed by atoms with E-state index >= 15 is 0 Å². The number of fused-ring (bicyclic) bond motifs is 1. The van der Waals surface area contributed by atoms with Crippen molar-refractivity contribution in [2.45, 2.75) is 32.8 Å². The molecule has 1 aromatic heterocycles. The van der Waals surface area contributed by atoms with Gasteiger partial charge in [-0.3, -0.25) is 0 Å². The van der Waals surface area contributed by atoms with Crippen molar-refractivity contribution in [3.05, 3.63) is 46.8 Å². The first-order chi connectivity index (χ1) is 8.31. The Labute approximate surface area is 100 Å². The van der Waals surface area contributed by atoms with Crippen LogP contribution < -0.4 is 4.74 Å². The number of ether oxygens (including phenoxy) is 1. The molecule has 88 valence electrons. The number of rotatable bonds is 3. The van der Waals surface area contributed by atoms with Crippen LogP contribution in [0, 0.1) is 6.92 Å². The highest BCUT2D eigenvalue weighted by atomic mass is 16.5. The lowest BCUT2D eigenvalue weighted by Crippen LogP contribution is -1.94. The number of benzene rings is 1. The SMILES string of the molecule is Cc1cc(COc2ccc3c(c2)CCC3)on1. The largest absolute Gasteiger partial charge is 0.486 e. The standard InChI is InChI=1S/C14H15NO2/c1-10-7-14(17-15-10)9-16-13-6-5-11-3-2-4-12(11)8-13/h5-8H,2-4,9H2,1H3. The quantitative estimate of drug-likeness (QED) is 0.811. The average Bonchev–Trinajstić information content (AvgIpc) is 2.94. The summed E-state index contributed by atoms with van der Waals surface area (Å²) in [5, 5.41) is 3.83. The molecule has 3 rings (SSSR count). The minimum absolute atomic E-state index is 0.444. The Hall–Kier alpha value is -1.77. The van der Waals surface area contributed by atoms with Crippen molar-refractivity contribution < 1.29 is 9.26 Å². The van der Waals surface area contributed by atoms with Crippen LogP contribution in [0.15, 0.2) is 28.8 Å². The predicted molar refractivity (Wildman–Crippen MR) is 64.0 cm³/mol. The van der Waals surface area contributed by atoms with E-state index < -0.39 is 0 Å². The van der Waals surface area contributed by atoms with Gasteiger partial charge in [-0.2, -0.15) is 0 Å². The Balaban J connectivity index is 1.69. The number of hydrogen-bond acceptors (Lipinski definition) is 3. The molecule has 0 bridgehead atoms. The van der Waals surface area contributed by atoms with Gasteiger partial charge < -0.3 is 9.26 Å². The highest BCUT2D eigenvalue weighted by Gasteiger charge is 2.11. The van der Waals surface area contributed by atoms with Crippen LogP contribution in [0.4, 0.5) is 0 Å². The van der Waals surface area contributed by atoms with E-state index in [1.165, 1.54) is 30.4 Å². The van der Waals surface area contributed by atoms with Gasteiger partial charge >= 0.3 is 0 Å². The summed E-state index contributed by atoms with van der Waals surface area (Å²) >= 11 is 0. The van der Waals surface area contributed by atoms with Gasteiger partial charge in [0.1, 0.15) is 12.4 Å². The Bertz CT molecular complexity index is 531. The Morgan fingerprint density at radius 3 is 2.94 bits per heavy atom. The Morgan fingerprint density at radius 2 is 2.12 bits per heavy atom. The summed E-state index contributed by atoms with van der Waals surface area (Å²) in [4.78, 5) is 0. The molecule has 1 aliphatic carbocycles. The van der Waals surface area contributed by atoms with Gasteiger partial charge in [-0.25, -0.2) is 0 Å². The fraction of sp³-hybridized carbons (Fsp3) is 0.357. The minimum atomic E-state index is 0.444. The third-order valence-electron chi connectivity index (χ3n) is 3.13. The van der Waals surface area contributed by atoms with Crippen molar-refractivity contribution in [3.8, 4) is 5.75 Å². The maximum Gasteiger partial charge on any atom is 0.174 e. The first-order valence-corrected chi connectivity index (χ1v) is 5.98. The van der Waals surface area contributed by atoms with Crippen LogP contribution in [0.2, 0.25) is 0 Å². The number of hydrogen-bond donors (Lipinski definition) is 0. The second-order valence-electron chi connectivity index (χ2n) is 4.51. The zero-order valence-corrected chi connectivity index (χ0v) is 9.90. The van der Waals surface area contributed by atoms with Crippen LogP contribution in [0.5, 0.6) is 5.75 Å². The molecular weight excluding hydrogens is 214 g/mol. The van der Waals surface area contributed by atoms with E-state index in [2.05, 4.69) is 17.3 Å². The average molecular weight is 229 g/mol. The van der Waals surface area contributed by atoms with Gasteiger partial charge in [-0.15, -0.1) is 0 Å². The van der Waals surface area contributed by atoms with Gasteiger partial charge in [0.15, 0.2) is 5.76 Å². The highest BCUT2D eigenvalue weighted by molar-refractivity contribution is 5.38. The molecule has 17 heavy (non-hydrogen) atoms. The normalized spacial score (nSPS) is 13.7. The summed E-state index contributed by atoms with van der Waals surface area (Å²) in [5.41, 5.74) is 3.78. The summed E-state index contributed by atoms with van der Waals surface area (Å²) in [7, 11) is 0. The topological polar surface area (TPSA) is 35.3 Å². The molecule has 0 aliphatic heterocycles. The molecular formula is C14H15NO2. The summed E-state index contributed by atoms with van der Waals surface area (Å²) in [6, 6.07) is 8.25. The maximum absolute atomic E-state index is 5.70. The van der Waals surface area contributed by atoms with Gasteiger partial charge in [0.05, 0.1) is 5.69 Å². The van der Waals surface area contributed by atoms with Crippen molar-refractivity contribution in [2.75, 3.05) is 0 Å². The molecule has 0 radical (unpaired) electrons. The van der Waals surface area contributed by atoms with E-state index in [1.54, 1.807) is 0 Å². The second-order valence-corrected chi connectivity index (χ2v) is 4.51. The summed E-state index contributed by atoms with van der Waals surface area (Å²) < 4.78 is 10.8. The lowest BCUT2D eigenvalue weighted by Gasteiger charge is -2.06. The van der Waals surface area contributed by atoms with Crippen molar-refractivity contribution in [3.63, 3.8) is 0 Å². The summed E-state index contributed by atoms with van der Waals surface area (Å²) in [5.74, 6) is 1.68. The minimum Gasteiger partial charge on any atom is -0.486 e. The van der Waals surface area contributed by atoms with E-state index in [9.17, 15) is 0 Å². The molecule has 0 saturated heterocycles. The smallest absolute Gasteiger partial charge is 0.174 e. The molecule has 0 saturated carbocycles. The molecule has 0 spiro atoms. The fourth-order valence-corrected chi connectivity index (χ4v) is 2.28. The number of nitrogens with zero attached hydrogens (tertiary/aromatic N) is 1. The third kappa shape index (κ3) is 2.18. The van der Waals surface area contributed by atoms with E-state index in [1.807, 2.05) is 19.1 Å². The molecule has 0 atom stereocenters. The summed E-state index contributed by atoms with van der Waals surface area (Å²) in [6.07, 6.45) is 3.64. The fourth-order valence-electron chi connectivity index (χ4n) is 2.28. The van der Waals surface area contributed by atoms with Crippen molar-refractivity contribution >= 4 is 0 Å². The van der Waals surface area contributed by atoms with Crippen LogP contribution in [0.3, 0.4) is 0 Å². The molecule has 0 unspecified atom stereocenters. The van der Waals surface area contributed by atoms with E-state index in [0.717, 1.165) is 17.2 Å². The monoisotopic (exact) mass is 229 g/mol. The number of aromatic nitrogens is 1. The van der Waals surface area contributed by atoms with Gasteiger partial charge in [0.25, 0.3) is 0 Å². The molecule has 1 aromatic carbocycles. The zero-order valence-electron chi connectivity index (χ0n) is 9.90. The van der Waals surface area contributed by atoms with Crippen LogP contribution in [-0.2, 0) is 19.4 Å². The molecule has 0 fully saturated rings. The van der Waals surface area contributed by atoms with Gasteiger partial charge in [-0.1, -0.05) is 11.2 Å². The highest BCUT2D eigenvalue weighted by Crippen LogP contribution is 2.26. The molecule has 1 heterocycles. The molecule has 0 N–H and O–H groups in total. The molecule has 1 aliphatic rings. The van der Waals surface area contributed by atoms with Crippen molar-refractivity contribution in [1.29, 1.82) is 0 Å². The van der Waals surface area contributed by atoms with Crippen molar-refractivity contribution in [2.24, 2.45) is 0 Å². The number of aryl methyl sites for hydroxylation is 3. The molecule has 2 aromatic rings. The van der Waals surface area contributed by atoms with E-state index in [-0.39, 0.29) is 0 Å². The van der Waals surface area contributed by atoms with Crippen LogP contribution in [-0.4, -0.2) is 5.16 Å². The third-order valence-corrected chi connectivity index (χ3v) is 3.13. The zero-order chi connectivity index (χ0) is 11.7. The lowest BCUT2D eigenvalue weighted by molar-refractivity contribution is 0.248. The first-order valence-electron chi connectivity index (χ1n) is 5.98. The molecule has 0 amide bonds. The maximum atomic E-state index is 5.70. The van der Waals surface area contributed by atoms with Crippen LogP contribution in [0.25, 0.3) is 0 Å². The predicted octanol–water partition coefficient (Wildman–Crippen LogP) is 3.05. The first kappa shape index (κ1) is 10.4. The Morgan fingerprint density at radius 1 is 1.24 bits per heavy atom. The van der Waals surface area contributed by atoms with Crippen molar-refractivity contribution in [1.82, 2.24) is 5.16 Å². The van der Waals surface area contributed by atoms with Crippen LogP contribution in [0.1, 0.15) is 29.0 Å². The summed E-state index contributed by atoms with van der Waals surface area (Å²) in [6.45, 7) is 2.35. The Kier molecular flexibility index (Phi) is 2.59. The van der Waals surface area contributed by atoms with Crippen LogP contribution >= 0.6 is 0 Å². The van der Waals surface area contributed by atoms with Gasteiger partial charge in [0, 0.05) is 6.07 Å².